The van der Waals surface area contributed by atoms with E-state index in [4.69, 9.17) is 5.73 Å². The van der Waals surface area contributed by atoms with Gasteiger partial charge in [0.25, 0.3) is 0 Å². The van der Waals surface area contributed by atoms with Crippen LogP contribution < -0.4 is 11.1 Å². The van der Waals surface area contributed by atoms with Crippen LogP contribution in [0.3, 0.4) is 0 Å². The van der Waals surface area contributed by atoms with Crippen LogP contribution in [0.5, 0.6) is 0 Å². The number of nitrogen functional groups attached to an aromatic ring is 1. The van der Waals surface area contributed by atoms with E-state index in [2.05, 4.69) is 15.5 Å². The summed E-state index contributed by atoms with van der Waals surface area (Å²) in [6.07, 6.45) is 0. The number of H-pyrrole nitrogens is 1. The van der Waals surface area contributed by atoms with Crippen molar-refractivity contribution in [1.29, 1.82) is 0 Å². The van der Waals surface area contributed by atoms with E-state index in [9.17, 15) is 4.79 Å². The minimum Gasteiger partial charge on any atom is -0.395 e. The number of fused-ring (bicyclic) bond motifs is 1. The van der Waals surface area contributed by atoms with E-state index in [0.29, 0.717) is 11.4 Å². The maximum atomic E-state index is 11.4. The zero-order valence-corrected chi connectivity index (χ0v) is 10.6. The number of aromatic nitrogens is 2. The van der Waals surface area contributed by atoms with E-state index in [1.807, 2.05) is 25.1 Å². The van der Waals surface area contributed by atoms with E-state index in [-0.39, 0.29) is 5.91 Å². The van der Waals surface area contributed by atoms with Crippen LogP contribution in [-0.4, -0.2) is 21.9 Å². The molecule has 0 radical (unpaired) electrons. The summed E-state index contributed by atoms with van der Waals surface area (Å²) in [6, 6.07) is 5.86. The fourth-order valence-corrected chi connectivity index (χ4v) is 2.68. The molecule has 0 saturated carbocycles. The molecule has 0 atom stereocenters. The molecule has 1 aromatic heterocycles. The Labute approximate surface area is 108 Å². The molecule has 2 heterocycles. The van der Waals surface area contributed by atoms with Crippen molar-refractivity contribution in [2.24, 2.45) is 0 Å². The first kappa shape index (κ1) is 11.2. The molecule has 1 amide bonds. The third-order valence-corrected chi connectivity index (χ3v) is 3.95. The first-order valence-electron chi connectivity index (χ1n) is 5.52. The molecule has 1 aliphatic rings. The van der Waals surface area contributed by atoms with Crippen molar-refractivity contribution in [1.82, 2.24) is 10.2 Å². The van der Waals surface area contributed by atoms with E-state index in [0.717, 1.165) is 27.5 Å². The predicted molar refractivity (Wildman–Crippen MR) is 72.5 cm³/mol. The van der Waals surface area contributed by atoms with Crippen molar-refractivity contribution < 1.29 is 4.79 Å². The van der Waals surface area contributed by atoms with Gasteiger partial charge >= 0.3 is 0 Å². The Hall–Kier alpha value is -1.95. The summed E-state index contributed by atoms with van der Waals surface area (Å²) < 4.78 is 0. The number of carbonyl (C=O) groups excluding carboxylic acids is 1. The van der Waals surface area contributed by atoms with E-state index in [1.165, 1.54) is 11.8 Å². The summed E-state index contributed by atoms with van der Waals surface area (Å²) in [5.41, 5.74) is 9.89. The van der Waals surface area contributed by atoms with Crippen LogP contribution in [0.4, 0.5) is 11.4 Å². The zero-order valence-electron chi connectivity index (χ0n) is 9.78. The molecule has 1 aliphatic heterocycles. The molecule has 6 heteroatoms. The van der Waals surface area contributed by atoms with Gasteiger partial charge in [0.2, 0.25) is 5.91 Å². The van der Waals surface area contributed by atoms with Gasteiger partial charge in [0.05, 0.1) is 22.8 Å². The normalized spacial score (nSPS) is 14.2. The van der Waals surface area contributed by atoms with Crippen LogP contribution in [0.15, 0.2) is 23.1 Å². The molecule has 0 aliphatic carbocycles. The van der Waals surface area contributed by atoms with Crippen molar-refractivity contribution in [2.75, 3.05) is 16.8 Å². The summed E-state index contributed by atoms with van der Waals surface area (Å²) >= 11 is 1.54. The van der Waals surface area contributed by atoms with Gasteiger partial charge in [-0.05, 0) is 19.1 Å². The van der Waals surface area contributed by atoms with Gasteiger partial charge in [0.15, 0.2) is 0 Å². The van der Waals surface area contributed by atoms with Crippen molar-refractivity contribution in [3.8, 4) is 11.3 Å². The second kappa shape index (κ2) is 4.06. The number of aromatic amines is 1. The Morgan fingerprint density at radius 2 is 2.28 bits per heavy atom. The number of thioether (sulfide) groups is 1. The number of nitrogens with zero attached hydrogens (tertiary/aromatic N) is 1. The average molecular weight is 260 g/mol. The molecule has 5 nitrogen and oxygen atoms in total. The molecule has 0 unspecified atom stereocenters. The number of amides is 1. The topological polar surface area (TPSA) is 83.8 Å². The standard InChI is InChI=1S/C12H12N4OS/c1-6-11(13)12(16-15-6)7-2-3-9-8(4-7)14-10(17)5-18-9/h2-4H,5,13H2,1H3,(H,14,17)(H,15,16). The van der Waals surface area contributed by atoms with Gasteiger partial charge in [0, 0.05) is 10.5 Å². The summed E-state index contributed by atoms with van der Waals surface area (Å²) in [6.45, 7) is 1.88. The maximum Gasteiger partial charge on any atom is 0.234 e. The van der Waals surface area contributed by atoms with Gasteiger partial charge < -0.3 is 11.1 Å². The second-order valence-corrected chi connectivity index (χ2v) is 5.18. The molecule has 18 heavy (non-hydrogen) atoms. The van der Waals surface area contributed by atoms with Crippen molar-refractivity contribution >= 4 is 29.0 Å². The highest BCUT2D eigenvalue weighted by Gasteiger charge is 2.17. The van der Waals surface area contributed by atoms with Crippen LogP contribution in [0.1, 0.15) is 5.69 Å². The summed E-state index contributed by atoms with van der Waals surface area (Å²) in [4.78, 5) is 12.4. The first-order chi connectivity index (χ1) is 8.65. The lowest BCUT2D eigenvalue weighted by molar-refractivity contribution is -0.113. The molecule has 0 spiro atoms. The van der Waals surface area contributed by atoms with Gasteiger partial charge in [-0.25, -0.2) is 0 Å². The number of carbonyl (C=O) groups is 1. The first-order valence-corrected chi connectivity index (χ1v) is 6.51. The fourth-order valence-electron chi connectivity index (χ4n) is 1.89. The fraction of sp³-hybridized carbons (Fsp3) is 0.167. The van der Waals surface area contributed by atoms with Gasteiger partial charge in [-0.15, -0.1) is 11.8 Å². The highest BCUT2D eigenvalue weighted by Crippen LogP contribution is 2.35. The van der Waals surface area contributed by atoms with Crippen LogP contribution >= 0.6 is 11.8 Å². The summed E-state index contributed by atoms with van der Waals surface area (Å²) in [5.74, 6) is 0.492. The minimum absolute atomic E-state index is 0.0239. The Morgan fingerprint density at radius 3 is 3.00 bits per heavy atom. The lowest BCUT2D eigenvalue weighted by atomic mass is 10.1. The average Bonchev–Trinajstić information content (AvgIpc) is 2.69. The van der Waals surface area contributed by atoms with E-state index >= 15 is 0 Å². The molecular formula is C12H12N4OS. The Kier molecular flexibility index (Phi) is 2.52. The molecule has 4 N–H and O–H groups in total. The highest BCUT2D eigenvalue weighted by atomic mass is 32.2. The zero-order chi connectivity index (χ0) is 12.7. The van der Waals surface area contributed by atoms with Gasteiger partial charge in [-0.3, -0.25) is 9.89 Å². The number of benzene rings is 1. The number of anilines is 2. The largest absolute Gasteiger partial charge is 0.395 e. The lowest BCUT2D eigenvalue weighted by Crippen LogP contribution is -2.18. The molecule has 2 aromatic rings. The molecule has 0 saturated heterocycles. The van der Waals surface area contributed by atoms with Crippen LogP contribution in [0, 0.1) is 6.92 Å². The van der Waals surface area contributed by atoms with E-state index in [1.54, 1.807) is 0 Å². The van der Waals surface area contributed by atoms with Gasteiger partial charge in [-0.2, -0.15) is 5.10 Å². The molecular weight excluding hydrogens is 248 g/mol. The Morgan fingerprint density at radius 1 is 1.44 bits per heavy atom. The number of aryl methyl sites for hydroxylation is 1. The summed E-state index contributed by atoms with van der Waals surface area (Å²) in [5, 5.41) is 9.90. The maximum absolute atomic E-state index is 11.4. The smallest absolute Gasteiger partial charge is 0.234 e. The number of hydrogen-bond acceptors (Lipinski definition) is 4. The predicted octanol–water partition coefficient (Wildman–Crippen LogP) is 2.01. The third kappa shape index (κ3) is 1.74. The van der Waals surface area contributed by atoms with Crippen molar-refractivity contribution in [3.05, 3.63) is 23.9 Å². The highest BCUT2D eigenvalue weighted by molar-refractivity contribution is 8.00. The van der Waals surface area contributed by atoms with Crippen LogP contribution in [-0.2, 0) is 4.79 Å². The third-order valence-electron chi connectivity index (χ3n) is 2.88. The monoisotopic (exact) mass is 260 g/mol. The van der Waals surface area contributed by atoms with Gasteiger partial charge in [0.1, 0.15) is 5.69 Å². The lowest BCUT2D eigenvalue weighted by Gasteiger charge is -2.16. The molecule has 1 aromatic carbocycles. The quantitative estimate of drug-likeness (QED) is 0.732. The van der Waals surface area contributed by atoms with Crippen molar-refractivity contribution in [2.45, 2.75) is 11.8 Å². The van der Waals surface area contributed by atoms with E-state index < -0.39 is 0 Å². The number of hydrogen-bond donors (Lipinski definition) is 3. The van der Waals surface area contributed by atoms with Gasteiger partial charge in [-0.1, -0.05) is 6.07 Å². The molecule has 92 valence electrons. The molecule has 0 bridgehead atoms. The molecule has 0 fully saturated rings. The molecule has 3 rings (SSSR count). The van der Waals surface area contributed by atoms with Crippen molar-refractivity contribution in [3.63, 3.8) is 0 Å². The SMILES string of the molecule is Cc1[nH]nc(-c2ccc3c(c2)NC(=O)CS3)c1N. The number of nitrogens with one attached hydrogen (secondary N) is 2. The van der Waals surface area contributed by atoms with Crippen LogP contribution in [0.2, 0.25) is 0 Å². The Bertz CT molecular complexity index is 635. The minimum atomic E-state index is 0.0239. The number of nitrogens with two attached hydrogens (primary N) is 1. The van der Waals surface area contributed by atoms with Crippen LogP contribution in [0.25, 0.3) is 11.3 Å². The second-order valence-electron chi connectivity index (χ2n) is 4.16. The summed E-state index contributed by atoms with van der Waals surface area (Å²) in [7, 11) is 0. The Balaban J connectivity index is 2.07. The number of rotatable bonds is 1.